The lowest BCUT2D eigenvalue weighted by atomic mass is 9.86. The number of thioether (sulfide) groups is 1. The number of rotatable bonds is 5. The molecule has 0 aliphatic carbocycles. The molecule has 3 rings (SSSR count). The van der Waals surface area contributed by atoms with Crippen molar-refractivity contribution >= 4 is 45.5 Å². The molecule has 0 aromatic heterocycles. The van der Waals surface area contributed by atoms with E-state index in [0.29, 0.717) is 0 Å². The summed E-state index contributed by atoms with van der Waals surface area (Å²) in [6, 6.07) is 6.91. The molecule has 4 atom stereocenters. The Bertz CT molecular complexity index is 759. The number of benzene rings is 1. The zero-order chi connectivity index (χ0) is 19.3. The van der Waals surface area contributed by atoms with Gasteiger partial charge in [-0.25, -0.2) is 4.79 Å². The van der Waals surface area contributed by atoms with Crippen LogP contribution in [0.3, 0.4) is 0 Å². The minimum absolute atomic E-state index is 0.0510. The van der Waals surface area contributed by atoms with Crippen molar-refractivity contribution in [3.8, 4) is 0 Å². The summed E-state index contributed by atoms with van der Waals surface area (Å²) in [5.74, 6) is -2.29. The molecule has 1 amide bonds. The maximum Gasteiger partial charge on any atom is 0.327 e. The Morgan fingerprint density at radius 2 is 2.00 bits per heavy atom. The zero-order valence-electron chi connectivity index (χ0n) is 14.2. The number of nitrogens with two attached hydrogens (primary N) is 1. The van der Waals surface area contributed by atoms with Gasteiger partial charge in [0, 0.05) is 4.75 Å². The molecule has 140 valence electrons. The molecule has 2 saturated heterocycles. The standard InChI is InChI=1S/C17H19BrN2O5S/c1-16(2)11(12(21)22)20-14(24)17(18,15(20)26-16)10(19)13(23)25-8-9-6-4-3-5-7-9/h3-7,10-11,15H,8,19H2,1-2H3,(H,21,22)/t10?,11-,15+,17+/m0/s1. The summed E-state index contributed by atoms with van der Waals surface area (Å²) >= 11 is 4.64. The van der Waals surface area contributed by atoms with Crippen LogP contribution in [0.25, 0.3) is 0 Å². The fourth-order valence-corrected chi connectivity index (χ4v) is 5.88. The molecule has 2 fully saturated rings. The Morgan fingerprint density at radius 3 is 2.58 bits per heavy atom. The highest BCUT2D eigenvalue weighted by Gasteiger charge is 2.73. The number of nitrogens with zero attached hydrogens (tertiary/aromatic N) is 1. The monoisotopic (exact) mass is 442 g/mol. The number of aliphatic carboxylic acids is 1. The van der Waals surface area contributed by atoms with Crippen LogP contribution in [-0.2, 0) is 25.7 Å². The smallest absolute Gasteiger partial charge is 0.327 e. The topological polar surface area (TPSA) is 110 Å². The number of ether oxygens (including phenoxy) is 1. The summed E-state index contributed by atoms with van der Waals surface area (Å²) in [5, 5.41) is 8.92. The summed E-state index contributed by atoms with van der Waals surface area (Å²) in [4.78, 5) is 38.0. The fourth-order valence-electron chi connectivity index (χ4n) is 3.32. The van der Waals surface area contributed by atoms with E-state index in [4.69, 9.17) is 10.5 Å². The van der Waals surface area contributed by atoms with Crippen LogP contribution in [0, 0.1) is 0 Å². The van der Waals surface area contributed by atoms with E-state index < -0.39 is 44.4 Å². The van der Waals surface area contributed by atoms with Crippen LogP contribution in [0.4, 0.5) is 0 Å². The van der Waals surface area contributed by atoms with Crippen molar-refractivity contribution in [2.45, 2.75) is 47.0 Å². The Morgan fingerprint density at radius 1 is 1.38 bits per heavy atom. The van der Waals surface area contributed by atoms with Crippen molar-refractivity contribution in [1.29, 1.82) is 0 Å². The molecule has 2 heterocycles. The SMILES string of the molecule is CC1(C)S[C@H]2N(C(=O)[C@]2(Br)C(N)C(=O)OCc2ccccc2)[C@H]1C(=O)O. The van der Waals surface area contributed by atoms with Crippen molar-refractivity contribution in [3.05, 3.63) is 35.9 Å². The molecule has 1 aromatic carbocycles. The normalized spacial score (nSPS) is 30.3. The molecule has 0 bridgehead atoms. The molecule has 1 aromatic rings. The number of β-lactam (4-membered cyclic amide) rings is 1. The first-order valence-corrected chi connectivity index (χ1v) is 9.66. The van der Waals surface area contributed by atoms with Crippen LogP contribution in [0.5, 0.6) is 0 Å². The van der Waals surface area contributed by atoms with Gasteiger partial charge in [0.15, 0.2) is 4.32 Å². The van der Waals surface area contributed by atoms with E-state index in [-0.39, 0.29) is 6.61 Å². The average molecular weight is 443 g/mol. The summed E-state index contributed by atoms with van der Waals surface area (Å²) in [6.45, 7) is 3.57. The maximum absolute atomic E-state index is 12.7. The molecular weight excluding hydrogens is 424 g/mol. The lowest BCUT2D eigenvalue weighted by Gasteiger charge is -2.51. The van der Waals surface area contributed by atoms with Gasteiger partial charge in [0.1, 0.15) is 24.1 Å². The van der Waals surface area contributed by atoms with Crippen LogP contribution in [0.1, 0.15) is 19.4 Å². The Hall–Kier alpha value is -1.58. The van der Waals surface area contributed by atoms with Gasteiger partial charge in [-0.3, -0.25) is 9.59 Å². The molecule has 0 saturated carbocycles. The molecule has 0 radical (unpaired) electrons. The number of carboxylic acid groups (broad SMARTS) is 1. The predicted octanol–water partition coefficient (Wildman–Crippen LogP) is 1.34. The lowest BCUT2D eigenvalue weighted by molar-refractivity contribution is -0.165. The van der Waals surface area contributed by atoms with Crippen LogP contribution < -0.4 is 5.73 Å². The minimum atomic E-state index is -1.37. The van der Waals surface area contributed by atoms with Gasteiger partial charge in [0.25, 0.3) is 0 Å². The number of carbonyl (C=O) groups excluding carboxylic acids is 2. The molecule has 2 aliphatic rings. The van der Waals surface area contributed by atoms with Gasteiger partial charge >= 0.3 is 11.9 Å². The molecule has 9 heteroatoms. The quantitative estimate of drug-likeness (QED) is 0.402. The first-order chi connectivity index (χ1) is 12.1. The summed E-state index contributed by atoms with van der Waals surface area (Å²) < 4.78 is 3.18. The van der Waals surface area contributed by atoms with Crippen LogP contribution in [0.2, 0.25) is 0 Å². The number of hydrogen-bond donors (Lipinski definition) is 2. The summed E-state index contributed by atoms with van der Waals surface area (Å²) in [7, 11) is 0. The second-order valence-corrected chi connectivity index (χ2v) is 9.91. The fraction of sp³-hybridized carbons (Fsp3) is 0.471. The van der Waals surface area contributed by atoms with Crippen molar-refractivity contribution in [2.75, 3.05) is 0 Å². The summed E-state index contributed by atoms with van der Waals surface area (Å²) in [6.07, 6.45) is 0. The van der Waals surface area contributed by atoms with Gasteiger partial charge in [0.2, 0.25) is 5.91 Å². The van der Waals surface area contributed by atoms with E-state index >= 15 is 0 Å². The number of alkyl halides is 1. The third kappa shape index (κ3) is 2.82. The highest BCUT2D eigenvalue weighted by Crippen LogP contribution is 2.58. The Balaban J connectivity index is 1.73. The van der Waals surface area contributed by atoms with Gasteiger partial charge < -0.3 is 20.5 Å². The van der Waals surface area contributed by atoms with Crippen molar-refractivity contribution in [2.24, 2.45) is 5.73 Å². The van der Waals surface area contributed by atoms with Crippen molar-refractivity contribution in [3.63, 3.8) is 0 Å². The van der Waals surface area contributed by atoms with Crippen molar-refractivity contribution in [1.82, 2.24) is 4.90 Å². The van der Waals surface area contributed by atoms with Gasteiger partial charge in [-0.05, 0) is 19.4 Å². The first kappa shape index (κ1) is 19.2. The molecule has 7 nitrogen and oxygen atoms in total. The van der Waals surface area contributed by atoms with Gasteiger partial charge in [-0.2, -0.15) is 0 Å². The molecule has 26 heavy (non-hydrogen) atoms. The molecule has 2 aliphatic heterocycles. The van der Waals surface area contributed by atoms with E-state index in [9.17, 15) is 19.5 Å². The molecule has 1 unspecified atom stereocenters. The maximum atomic E-state index is 12.7. The van der Waals surface area contributed by atoms with E-state index in [1.54, 1.807) is 13.8 Å². The van der Waals surface area contributed by atoms with Crippen LogP contribution >= 0.6 is 27.7 Å². The van der Waals surface area contributed by atoms with E-state index in [1.165, 1.54) is 16.7 Å². The highest BCUT2D eigenvalue weighted by atomic mass is 79.9. The number of hydrogen-bond acceptors (Lipinski definition) is 6. The molecule has 0 spiro atoms. The Labute approximate surface area is 163 Å². The van der Waals surface area contributed by atoms with Gasteiger partial charge in [0.05, 0.1) is 0 Å². The third-order valence-electron chi connectivity index (χ3n) is 4.69. The highest BCUT2D eigenvalue weighted by molar-refractivity contribution is 9.10. The second kappa shape index (κ2) is 6.54. The number of amides is 1. The van der Waals surface area contributed by atoms with Gasteiger partial charge in [-0.15, -0.1) is 11.8 Å². The van der Waals surface area contributed by atoms with E-state index in [1.807, 2.05) is 30.3 Å². The molecule has 3 N–H and O–H groups in total. The summed E-state index contributed by atoms with van der Waals surface area (Å²) in [5.41, 5.74) is 6.85. The van der Waals surface area contributed by atoms with Gasteiger partial charge in [-0.1, -0.05) is 46.3 Å². The van der Waals surface area contributed by atoms with E-state index in [2.05, 4.69) is 15.9 Å². The number of carbonyl (C=O) groups is 3. The lowest BCUT2D eigenvalue weighted by Crippen LogP contribution is -2.77. The number of fused-ring (bicyclic) bond motifs is 1. The van der Waals surface area contributed by atoms with Crippen LogP contribution in [-0.4, -0.2) is 54.4 Å². The van der Waals surface area contributed by atoms with Crippen molar-refractivity contribution < 1.29 is 24.2 Å². The zero-order valence-corrected chi connectivity index (χ0v) is 16.6. The second-order valence-electron chi connectivity index (χ2n) is 6.87. The Kier molecular flexibility index (Phi) is 4.83. The van der Waals surface area contributed by atoms with Crippen LogP contribution in [0.15, 0.2) is 30.3 Å². The average Bonchev–Trinajstić information content (AvgIpc) is 2.88. The number of carboxylic acids is 1. The number of halogens is 1. The third-order valence-corrected chi connectivity index (χ3v) is 7.91. The predicted molar refractivity (Wildman–Crippen MR) is 99.6 cm³/mol. The van der Waals surface area contributed by atoms with E-state index in [0.717, 1.165) is 5.56 Å². The minimum Gasteiger partial charge on any atom is -0.480 e. The largest absolute Gasteiger partial charge is 0.480 e. The molecular formula is C17H19BrN2O5S. The first-order valence-electron chi connectivity index (χ1n) is 7.99. The number of esters is 1.